The second-order valence-electron chi connectivity index (χ2n) is 2.57. The van der Waals surface area contributed by atoms with Crippen LogP contribution in [0.1, 0.15) is 32.0 Å². The Balaban J connectivity index is 3.04. The van der Waals surface area contributed by atoms with E-state index < -0.39 is 0 Å². The van der Waals surface area contributed by atoms with Crippen LogP contribution in [0.3, 0.4) is 0 Å². The van der Waals surface area contributed by atoms with Gasteiger partial charge in [-0.2, -0.15) is 5.10 Å². The van der Waals surface area contributed by atoms with Crippen LogP contribution in [0.15, 0.2) is 0 Å². The Bertz CT molecular complexity index is 287. The van der Waals surface area contributed by atoms with Crippen molar-refractivity contribution in [2.45, 2.75) is 26.2 Å². The summed E-state index contributed by atoms with van der Waals surface area (Å²) in [7, 11) is 0. The molecule has 11 heavy (non-hydrogen) atoms. The lowest BCUT2D eigenvalue weighted by molar-refractivity contribution is 0.651. The highest BCUT2D eigenvalue weighted by atomic mass is 32.1. The predicted octanol–water partition coefficient (Wildman–Crippen LogP) is 1.17. The molecule has 0 fully saturated rings. The summed E-state index contributed by atoms with van der Waals surface area (Å²) >= 11 is 4.86. The third-order valence-electron chi connectivity index (χ3n) is 1.78. The van der Waals surface area contributed by atoms with Crippen molar-refractivity contribution in [2.24, 2.45) is 0 Å². The van der Waals surface area contributed by atoms with E-state index in [2.05, 4.69) is 24.0 Å². The lowest BCUT2D eigenvalue weighted by atomic mass is 10.1. The van der Waals surface area contributed by atoms with E-state index >= 15 is 0 Å². The molecule has 0 saturated carbocycles. The van der Waals surface area contributed by atoms with Crippen molar-refractivity contribution in [1.82, 2.24) is 14.9 Å². The average Bonchev–Trinajstić information content (AvgIpc) is 2.32. The van der Waals surface area contributed by atoms with Crippen LogP contribution in [-0.2, 0) is 0 Å². The van der Waals surface area contributed by atoms with Crippen molar-refractivity contribution in [1.29, 1.82) is 0 Å². The first-order chi connectivity index (χ1) is 5.16. The van der Waals surface area contributed by atoms with Gasteiger partial charge in [-0.1, -0.05) is 13.8 Å². The van der Waals surface area contributed by atoms with Crippen LogP contribution < -0.4 is 5.84 Å². The zero-order chi connectivity index (χ0) is 8.43. The van der Waals surface area contributed by atoms with Crippen molar-refractivity contribution in [3.63, 3.8) is 0 Å². The fourth-order valence-corrected chi connectivity index (χ4v) is 0.986. The summed E-state index contributed by atoms with van der Waals surface area (Å²) in [5.74, 6) is 6.77. The van der Waals surface area contributed by atoms with Crippen molar-refractivity contribution in [3.05, 3.63) is 10.6 Å². The van der Waals surface area contributed by atoms with E-state index in [1.165, 1.54) is 4.68 Å². The van der Waals surface area contributed by atoms with Gasteiger partial charge in [-0.3, -0.25) is 5.10 Å². The molecule has 0 radical (unpaired) electrons. The third-order valence-corrected chi connectivity index (χ3v) is 2.07. The molecule has 0 amide bonds. The topological polar surface area (TPSA) is 59.6 Å². The maximum absolute atomic E-state index is 5.60. The van der Waals surface area contributed by atoms with Crippen LogP contribution in [0.5, 0.6) is 0 Å². The molecule has 1 rings (SSSR count). The van der Waals surface area contributed by atoms with Crippen LogP contribution in [0, 0.1) is 4.77 Å². The summed E-state index contributed by atoms with van der Waals surface area (Å²) in [5.41, 5.74) is 0. The summed E-state index contributed by atoms with van der Waals surface area (Å²) in [6.07, 6.45) is 1.01. The molecule has 0 aliphatic heterocycles. The monoisotopic (exact) mass is 172 g/mol. The quantitative estimate of drug-likeness (QED) is 0.520. The van der Waals surface area contributed by atoms with Crippen molar-refractivity contribution in [3.8, 4) is 0 Å². The number of nitrogens with zero attached hydrogens (tertiary/aromatic N) is 2. The van der Waals surface area contributed by atoms with Gasteiger partial charge in [-0.05, 0) is 18.6 Å². The fraction of sp³-hybridized carbons (Fsp3) is 0.667. The minimum Gasteiger partial charge on any atom is -0.335 e. The summed E-state index contributed by atoms with van der Waals surface area (Å²) in [6.45, 7) is 4.15. The van der Waals surface area contributed by atoms with Crippen LogP contribution >= 0.6 is 12.2 Å². The molecule has 62 valence electrons. The zero-order valence-electron chi connectivity index (χ0n) is 6.66. The Kier molecular flexibility index (Phi) is 2.28. The van der Waals surface area contributed by atoms with Crippen LogP contribution in [0.2, 0.25) is 0 Å². The Labute approximate surface area is 70.4 Å². The largest absolute Gasteiger partial charge is 0.335 e. The molecule has 0 aliphatic rings. The molecule has 1 aromatic rings. The number of hydrogen-bond donors (Lipinski definition) is 2. The van der Waals surface area contributed by atoms with Gasteiger partial charge < -0.3 is 5.84 Å². The van der Waals surface area contributed by atoms with Gasteiger partial charge in [0.25, 0.3) is 0 Å². The molecular weight excluding hydrogens is 160 g/mol. The van der Waals surface area contributed by atoms with E-state index in [0.29, 0.717) is 10.7 Å². The Hall–Kier alpha value is -0.840. The number of hydrogen-bond acceptors (Lipinski definition) is 3. The van der Waals surface area contributed by atoms with E-state index in [-0.39, 0.29) is 0 Å². The summed E-state index contributed by atoms with van der Waals surface area (Å²) in [5, 5.41) is 6.65. The van der Waals surface area contributed by atoms with Crippen molar-refractivity contribution >= 4 is 12.2 Å². The number of nitrogens with two attached hydrogens (primary N) is 1. The van der Waals surface area contributed by atoms with Gasteiger partial charge >= 0.3 is 0 Å². The minimum absolute atomic E-state index is 0.355. The summed E-state index contributed by atoms with van der Waals surface area (Å²) < 4.78 is 1.89. The van der Waals surface area contributed by atoms with Crippen LogP contribution in [0.25, 0.3) is 0 Å². The van der Waals surface area contributed by atoms with Crippen LogP contribution in [0.4, 0.5) is 0 Å². The van der Waals surface area contributed by atoms with E-state index in [9.17, 15) is 0 Å². The number of H-pyrrole nitrogens is 1. The first-order valence-corrected chi connectivity index (χ1v) is 4.00. The van der Waals surface area contributed by atoms with Gasteiger partial charge in [-0.15, -0.1) is 0 Å². The normalized spacial score (nSPS) is 13.3. The molecule has 1 heterocycles. The van der Waals surface area contributed by atoms with Crippen molar-refractivity contribution in [2.75, 3.05) is 5.84 Å². The Morgan fingerprint density at radius 3 is 2.82 bits per heavy atom. The van der Waals surface area contributed by atoms with E-state index in [0.717, 1.165) is 12.2 Å². The third kappa shape index (κ3) is 1.42. The minimum atomic E-state index is 0.355. The number of rotatable bonds is 2. The first-order valence-electron chi connectivity index (χ1n) is 3.59. The van der Waals surface area contributed by atoms with E-state index in [4.69, 9.17) is 18.1 Å². The molecule has 1 atom stereocenters. The highest BCUT2D eigenvalue weighted by Crippen LogP contribution is 2.13. The highest BCUT2D eigenvalue weighted by Gasteiger charge is 2.09. The van der Waals surface area contributed by atoms with Gasteiger partial charge in [0.15, 0.2) is 5.82 Å². The molecular formula is C6H12N4S. The number of aromatic nitrogens is 3. The number of nitrogen functional groups attached to an aromatic ring is 1. The van der Waals surface area contributed by atoms with Gasteiger partial charge in [0.1, 0.15) is 0 Å². The molecule has 5 heteroatoms. The fourth-order valence-electron chi connectivity index (χ4n) is 0.847. The van der Waals surface area contributed by atoms with E-state index in [1.807, 2.05) is 0 Å². The van der Waals surface area contributed by atoms with Crippen molar-refractivity contribution < 1.29 is 0 Å². The van der Waals surface area contributed by atoms with Crippen LogP contribution in [-0.4, -0.2) is 14.9 Å². The maximum Gasteiger partial charge on any atom is 0.214 e. The smallest absolute Gasteiger partial charge is 0.214 e. The first kappa shape index (κ1) is 8.26. The standard InChI is InChI=1S/C6H12N4S/c1-3-4(2)5-8-9-6(11)10(5)7/h4H,3,7H2,1-2H3,(H,9,11). The molecule has 3 N–H and O–H groups in total. The second-order valence-corrected chi connectivity index (χ2v) is 2.95. The molecule has 4 nitrogen and oxygen atoms in total. The molecule has 1 aromatic heterocycles. The molecule has 0 bridgehead atoms. The number of aromatic amines is 1. The second kappa shape index (κ2) is 3.04. The van der Waals surface area contributed by atoms with Gasteiger partial charge in [0, 0.05) is 5.92 Å². The average molecular weight is 172 g/mol. The molecule has 0 aromatic carbocycles. The Morgan fingerprint density at radius 1 is 1.82 bits per heavy atom. The molecule has 0 saturated heterocycles. The highest BCUT2D eigenvalue weighted by molar-refractivity contribution is 7.71. The van der Waals surface area contributed by atoms with E-state index in [1.54, 1.807) is 0 Å². The summed E-state index contributed by atoms with van der Waals surface area (Å²) in [6, 6.07) is 0. The lowest BCUT2D eigenvalue weighted by Gasteiger charge is -2.05. The predicted molar refractivity (Wildman–Crippen MR) is 46.3 cm³/mol. The van der Waals surface area contributed by atoms with Gasteiger partial charge in [-0.25, -0.2) is 4.68 Å². The van der Waals surface area contributed by atoms with Gasteiger partial charge in [0.2, 0.25) is 4.77 Å². The molecule has 0 aliphatic carbocycles. The Morgan fingerprint density at radius 2 is 2.45 bits per heavy atom. The molecule has 0 spiro atoms. The lowest BCUT2D eigenvalue weighted by Crippen LogP contribution is -2.14. The maximum atomic E-state index is 5.60. The number of nitrogens with one attached hydrogen (secondary N) is 1. The molecule has 1 unspecified atom stereocenters. The SMILES string of the molecule is CCC(C)c1n[nH]c(=S)n1N. The zero-order valence-corrected chi connectivity index (χ0v) is 7.48. The van der Waals surface area contributed by atoms with Gasteiger partial charge in [0.05, 0.1) is 0 Å². The summed E-state index contributed by atoms with van der Waals surface area (Å²) in [4.78, 5) is 0.